The fraction of sp³-hybridized carbons (Fsp3) is 0.929. The maximum absolute atomic E-state index is 11.9. The van der Waals surface area contributed by atoms with Gasteiger partial charge in [-0.2, -0.15) is 0 Å². The summed E-state index contributed by atoms with van der Waals surface area (Å²) in [7, 11) is 0. The lowest BCUT2D eigenvalue weighted by atomic mass is 9.99. The molecular formula is C28H54N2O8. The van der Waals surface area contributed by atoms with Gasteiger partial charge in [0.25, 0.3) is 0 Å². The van der Waals surface area contributed by atoms with Gasteiger partial charge in [-0.3, -0.25) is 9.59 Å². The first-order chi connectivity index (χ1) is 18.4. The zero-order valence-corrected chi connectivity index (χ0v) is 23.5. The number of hydrogen-bond donors (Lipinski definition) is 6. The van der Waals surface area contributed by atoms with Crippen molar-refractivity contribution >= 4 is 11.8 Å². The second-order valence-corrected chi connectivity index (χ2v) is 10.4. The number of ether oxygens (including phenoxy) is 2. The second kappa shape index (κ2) is 22.5. The van der Waals surface area contributed by atoms with Gasteiger partial charge >= 0.3 is 0 Å². The first-order valence-corrected chi connectivity index (χ1v) is 14.9. The second-order valence-electron chi connectivity index (χ2n) is 10.4. The average molecular weight is 547 g/mol. The first kappa shape index (κ1) is 34.7. The largest absolute Gasteiger partial charge is 0.394 e. The number of nitrogens with one attached hydrogen (secondary N) is 2. The first-order valence-electron chi connectivity index (χ1n) is 14.9. The molecule has 0 bridgehead atoms. The smallest absolute Gasteiger partial charge is 0.220 e. The van der Waals surface area contributed by atoms with Crippen LogP contribution in [-0.4, -0.2) is 89.2 Å². The summed E-state index contributed by atoms with van der Waals surface area (Å²) in [5.41, 5.74) is 0. The normalized spacial score (nSPS) is 23.3. The zero-order valence-electron chi connectivity index (χ0n) is 23.5. The van der Waals surface area contributed by atoms with Gasteiger partial charge in [0, 0.05) is 25.9 Å². The Kier molecular flexibility index (Phi) is 20.6. The fourth-order valence-corrected chi connectivity index (χ4v) is 4.52. The maximum atomic E-state index is 11.9. The third kappa shape index (κ3) is 16.0. The predicted octanol–water partition coefficient (Wildman–Crippen LogP) is 2.30. The number of aliphatic hydroxyl groups is 4. The lowest BCUT2D eigenvalue weighted by molar-refractivity contribution is -0.300. The van der Waals surface area contributed by atoms with Crippen molar-refractivity contribution in [3.8, 4) is 0 Å². The molecule has 0 radical (unpaired) electrons. The number of aliphatic hydroxyl groups excluding tert-OH is 4. The van der Waals surface area contributed by atoms with Gasteiger partial charge in [0.2, 0.25) is 11.8 Å². The molecule has 0 saturated carbocycles. The van der Waals surface area contributed by atoms with Crippen LogP contribution in [-0.2, 0) is 19.1 Å². The van der Waals surface area contributed by atoms with Crippen molar-refractivity contribution in [2.24, 2.45) is 0 Å². The van der Waals surface area contributed by atoms with Crippen molar-refractivity contribution in [3.63, 3.8) is 0 Å². The van der Waals surface area contributed by atoms with E-state index in [-0.39, 0.29) is 37.8 Å². The van der Waals surface area contributed by atoms with Crippen molar-refractivity contribution in [2.75, 3.05) is 26.3 Å². The van der Waals surface area contributed by atoms with E-state index in [9.17, 15) is 30.0 Å². The number of hydrogen-bond acceptors (Lipinski definition) is 8. The molecule has 1 heterocycles. The molecule has 0 unspecified atom stereocenters. The summed E-state index contributed by atoms with van der Waals surface area (Å²) in [5, 5.41) is 44.0. The Bertz CT molecular complexity index is 607. The van der Waals surface area contributed by atoms with Crippen LogP contribution in [0.4, 0.5) is 0 Å². The molecule has 10 nitrogen and oxygen atoms in total. The summed E-state index contributed by atoms with van der Waals surface area (Å²) >= 11 is 0. The molecule has 0 spiro atoms. The van der Waals surface area contributed by atoms with E-state index >= 15 is 0 Å². The van der Waals surface area contributed by atoms with Crippen LogP contribution in [0.5, 0.6) is 0 Å². The lowest BCUT2D eigenvalue weighted by Gasteiger charge is -2.39. The molecular weight excluding hydrogens is 492 g/mol. The van der Waals surface area contributed by atoms with E-state index in [0.717, 1.165) is 12.8 Å². The minimum Gasteiger partial charge on any atom is -0.394 e. The van der Waals surface area contributed by atoms with Crippen LogP contribution in [0.15, 0.2) is 0 Å². The molecule has 0 aromatic carbocycles. The molecule has 224 valence electrons. The number of rotatable bonds is 23. The van der Waals surface area contributed by atoms with E-state index in [1.54, 1.807) is 0 Å². The molecule has 38 heavy (non-hydrogen) atoms. The van der Waals surface area contributed by atoms with Crippen molar-refractivity contribution in [1.29, 1.82) is 0 Å². The molecule has 6 N–H and O–H groups in total. The Hall–Kier alpha value is -1.30. The summed E-state index contributed by atoms with van der Waals surface area (Å²) in [4.78, 5) is 23.9. The summed E-state index contributed by atoms with van der Waals surface area (Å²) < 4.78 is 10.5. The number of carbonyl (C=O) groups excluding carboxylic acids is 2. The van der Waals surface area contributed by atoms with Gasteiger partial charge in [0.1, 0.15) is 24.4 Å². The summed E-state index contributed by atoms with van der Waals surface area (Å²) in [5.74, 6) is -0.443. The monoisotopic (exact) mass is 546 g/mol. The molecule has 0 aromatic heterocycles. The van der Waals surface area contributed by atoms with Crippen molar-refractivity contribution in [2.45, 2.75) is 140 Å². The predicted molar refractivity (Wildman–Crippen MR) is 145 cm³/mol. The molecule has 0 aliphatic carbocycles. The van der Waals surface area contributed by atoms with Crippen LogP contribution in [0.1, 0.15) is 110 Å². The molecule has 1 aliphatic heterocycles. The van der Waals surface area contributed by atoms with Crippen LogP contribution in [0, 0.1) is 0 Å². The molecule has 1 aliphatic rings. The van der Waals surface area contributed by atoms with E-state index in [2.05, 4.69) is 17.6 Å². The summed E-state index contributed by atoms with van der Waals surface area (Å²) in [6, 6.07) is 0. The van der Waals surface area contributed by atoms with E-state index in [0.29, 0.717) is 6.54 Å². The Morgan fingerprint density at radius 3 is 1.66 bits per heavy atom. The van der Waals surface area contributed by atoms with Gasteiger partial charge in [-0.1, -0.05) is 90.4 Å². The van der Waals surface area contributed by atoms with Gasteiger partial charge in [-0.05, 0) is 6.42 Å². The van der Waals surface area contributed by atoms with Gasteiger partial charge in [0.05, 0.1) is 13.2 Å². The van der Waals surface area contributed by atoms with Crippen LogP contribution < -0.4 is 10.6 Å². The number of unbranched alkanes of at least 4 members (excludes halogenated alkanes) is 13. The highest BCUT2D eigenvalue weighted by atomic mass is 16.7. The standard InChI is InChI=1S/C28H54N2O8/c1-2-3-4-5-6-7-8-9-10-11-12-13-14-15-18-29-23(32)16-17-24(33)30-19-20-37-28-27(36)26(35)25(34)22(21-31)38-28/h22,25-28,31,34-36H,2-21H2,1H3,(H,29,32)(H,30,33)/t22-,25+,26+,27-,28-/m1/s1. The zero-order chi connectivity index (χ0) is 28.0. The maximum Gasteiger partial charge on any atom is 0.220 e. The average Bonchev–Trinajstić information content (AvgIpc) is 2.91. The molecule has 1 fully saturated rings. The molecule has 1 saturated heterocycles. The minimum atomic E-state index is -1.51. The highest BCUT2D eigenvalue weighted by Crippen LogP contribution is 2.21. The quantitative estimate of drug-likeness (QED) is 0.107. The SMILES string of the molecule is CCCCCCCCCCCCCCCCNC(=O)CCC(=O)NCCO[C@@H]1O[C@H](CO)[C@H](O)[C@H](O)[C@H]1O. The van der Waals surface area contributed by atoms with Crippen molar-refractivity contribution in [1.82, 2.24) is 10.6 Å². The Balaban J connectivity index is 1.91. The van der Waals surface area contributed by atoms with Gasteiger partial charge in [0.15, 0.2) is 6.29 Å². The fourth-order valence-electron chi connectivity index (χ4n) is 4.52. The van der Waals surface area contributed by atoms with Crippen molar-refractivity contribution in [3.05, 3.63) is 0 Å². The topological polar surface area (TPSA) is 158 Å². The molecule has 10 heteroatoms. The summed E-state index contributed by atoms with van der Waals surface area (Å²) in [6.07, 6.45) is 11.5. The van der Waals surface area contributed by atoms with Crippen LogP contribution in [0.25, 0.3) is 0 Å². The van der Waals surface area contributed by atoms with E-state index in [1.807, 2.05) is 0 Å². The van der Waals surface area contributed by atoms with Crippen LogP contribution in [0.2, 0.25) is 0 Å². The van der Waals surface area contributed by atoms with E-state index < -0.39 is 37.3 Å². The van der Waals surface area contributed by atoms with Crippen molar-refractivity contribution < 1.29 is 39.5 Å². The number of amides is 2. The summed E-state index contributed by atoms with van der Waals surface area (Å²) in [6.45, 7) is 2.45. The molecule has 5 atom stereocenters. The van der Waals surface area contributed by atoms with Crippen LogP contribution in [0.3, 0.4) is 0 Å². The number of carbonyl (C=O) groups is 2. The third-order valence-corrected chi connectivity index (χ3v) is 6.99. The van der Waals surface area contributed by atoms with Crippen LogP contribution >= 0.6 is 0 Å². The van der Waals surface area contributed by atoms with Gasteiger partial charge < -0.3 is 40.5 Å². The highest BCUT2D eigenvalue weighted by Gasteiger charge is 2.43. The van der Waals surface area contributed by atoms with E-state index in [1.165, 1.54) is 77.0 Å². The lowest BCUT2D eigenvalue weighted by Crippen LogP contribution is -2.59. The Morgan fingerprint density at radius 1 is 0.684 bits per heavy atom. The van der Waals surface area contributed by atoms with Gasteiger partial charge in [-0.15, -0.1) is 0 Å². The molecule has 2 amide bonds. The third-order valence-electron chi connectivity index (χ3n) is 6.99. The Morgan fingerprint density at radius 2 is 1.16 bits per heavy atom. The van der Waals surface area contributed by atoms with Gasteiger partial charge in [-0.25, -0.2) is 0 Å². The van der Waals surface area contributed by atoms with E-state index in [4.69, 9.17) is 9.47 Å². The minimum absolute atomic E-state index is 0.0141. The molecule has 1 rings (SSSR count). The Labute approximate surface area is 228 Å². The highest BCUT2D eigenvalue weighted by molar-refractivity contribution is 5.83. The molecule has 0 aromatic rings.